The first kappa shape index (κ1) is 14.1. The number of fused-ring (bicyclic) bond motifs is 1. The van der Waals surface area contributed by atoms with E-state index in [0.717, 1.165) is 5.56 Å². The highest BCUT2D eigenvalue weighted by molar-refractivity contribution is 5.54. The van der Waals surface area contributed by atoms with Crippen molar-refractivity contribution >= 4 is 0 Å². The maximum absolute atomic E-state index is 14.2. The van der Waals surface area contributed by atoms with Crippen molar-refractivity contribution in [2.24, 2.45) is 0 Å². The van der Waals surface area contributed by atoms with Crippen molar-refractivity contribution in [2.75, 3.05) is 19.8 Å². The molecule has 0 bridgehead atoms. The van der Waals surface area contributed by atoms with Crippen molar-refractivity contribution in [3.63, 3.8) is 0 Å². The van der Waals surface area contributed by atoms with Gasteiger partial charge < -0.3 is 14.6 Å². The lowest BCUT2D eigenvalue weighted by Crippen LogP contribution is -2.27. The summed E-state index contributed by atoms with van der Waals surface area (Å²) in [5, 5.41) is 9.55. The molecule has 4 heteroatoms. The van der Waals surface area contributed by atoms with E-state index in [1.165, 1.54) is 13.8 Å². The number of halogens is 1. The van der Waals surface area contributed by atoms with Crippen LogP contribution in [0.4, 0.5) is 4.39 Å². The van der Waals surface area contributed by atoms with E-state index >= 15 is 0 Å². The van der Waals surface area contributed by atoms with E-state index in [1.807, 2.05) is 13.8 Å². The first-order chi connectivity index (χ1) is 8.75. The smallest absolute Gasteiger partial charge is 0.165 e. The van der Waals surface area contributed by atoms with Crippen molar-refractivity contribution in [3.8, 4) is 11.5 Å². The Hall–Kier alpha value is -1.29. The van der Waals surface area contributed by atoms with E-state index in [2.05, 4.69) is 0 Å². The van der Waals surface area contributed by atoms with Crippen LogP contribution >= 0.6 is 0 Å². The fraction of sp³-hybridized carbons (Fsp3) is 0.600. The minimum Gasteiger partial charge on any atom is -0.486 e. The predicted octanol–water partition coefficient (Wildman–Crippen LogP) is 2.93. The molecule has 0 atom stereocenters. The van der Waals surface area contributed by atoms with E-state index in [1.54, 1.807) is 12.1 Å². The van der Waals surface area contributed by atoms with E-state index in [0.29, 0.717) is 30.3 Å². The molecule has 0 fully saturated rings. The predicted molar refractivity (Wildman–Crippen MR) is 71.7 cm³/mol. The highest BCUT2D eigenvalue weighted by atomic mass is 19.1. The molecule has 0 spiro atoms. The van der Waals surface area contributed by atoms with Gasteiger partial charge in [-0.25, -0.2) is 4.39 Å². The van der Waals surface area contributed by atoms with Crippen LogP contribution in [0.1, 0.15) is 38.8 Å². The van der Waals surface area contributed by atoms with Gasteiger partial charge in [0.15, 0.2) is 11.5 Å². The van der Waals surface area contributed by atoms with Gasteiger partial charge >= 0.3 is 0 Å². The molecule has 106 valence electrons. The second-order valence-electron chi connectivity index (χ2n) is 6.06. The fourth-order valence-electron chi connectivity index (χ4n) is 2.08. The van der Waals surface area contributed by atoms with Crippen molar-refractivity contribution in [2.45, 2.75) is 38.8 Å². The molecule has 1 aromatic rings. The molecule has 0 amide bonds. The lowest BCUT2D eigenvalue weighted by molar-refractivity contribution is 0.158. The fourth-order valence-corrected chi connectivity index (χ4v) is 2.08. The van der Waals surface area contributed by atoms with Crippen LogP contribution in [0.15, 0.2) is 12.1 Å². The normalized spacial score (nSPS) is 15.5. The van der Waals surface area contributed by atoms with Gasteiger partial charge in [0.05, 0.1) is 6.61 Å². The number of hydrogen-bond donors (Lipinski definition) is 1. The minimum absolute atomic E-state index is 0.0427. The maximum atomic E-state index is 14.2. The topological polar surface area (TPSA) is 38.7 Å². The van der Waals surface area contributed by atoms with Crippen LogP contribution in [0.5, 0.6) is 11.5 Å². The van der Waals surface area contributed by atoms with Crippen LogP contribution in [0.3, 0.4) is 0 Å². The largest absolute Gasteiger partial charge is 0.486 e. The van der Waals surface area contributed by atoms with Crippen molar-refractivity contribution in [1.82, 2.24) is 0 Å². The number of aliphatic hydroxyl groups is 1. The van der Waals surface area contributed by atoms with Gasteiger partial charge in [-0.05, 0) is 31.5 Å². The Bertz CT molecular complexity index is 475. The molecule has 0 aliphatic carbocycles. The molecule has 0 aromatic heterocycles. The molecule has 0 unspecified atom stereocenters. The Kier molecular flexibility index (Phi) is 3.47. The molecule has 2 rings (SSSR count). The van der Waals surface area contributed by atoms with Crippen molar-refractivity contribution in [1.29, 1.82) is 0 Å². The van der Waals surface area contributed by atoms with Gasteiger partial charge in [-0.15, -0.1) is 0 Å². The van der Waals surface area contributed by atoms with Crippen LogP contribution in [-0.4, -0.2) is 24.9 Å². The highest BCUT2D eigenvalue weighted by Gasteiger charge is 2.31. The minimum atomic E-state index is -1.46. The monoisotopic (exact) mass is 268 g/mol. The highest BCUT2D eigenvalue weighted by Crippen LogP contribution is 2.43. The van der Waals surface area contributed by atoms with Gasteiger partial charge in [-0.3, -0.25) is 0 Å². The number of rotatable bonds is 3. The van der Waals surface area contributed by atoms with Gasteiger partial charge in [0.1, 0.15) is 18.9 Å². The Balaban J connectivity index is 2.63. The van der Waals surface area contributed by atoms with E-state index in [9.17, 15) is 9.50 Å². The van der Waals surface area contributed by atoms with Crippen LogP contribution in [0.25, 0.3) is 0 Å². The maximum Gasteiger partial charge on any atom is 0.165 e. The van der Waals surface area contributed by atoms with Crippen molar-refractivity contribution < 1.29 is 19.0 Å². The Morgan fingerprint density at radius 2 is 1.79 bits per heavy atom. The summed E-state index contributed by atoms with van der Waals surface area (Å²) >= 11 is 0. The molecular formula is C15H21FO3. The number of hydrogen-bond acceptors (Lipinski definition) is 3. The summed E-state index contributed by atoms with van der Waals surface area (Å²) in [6.45, 7) is 7.70. The van der Waals surface area contributed by atoms with Crippen LogP contribution < -0.4 is 9.47 Å². The number of ether oxygens (including phenoxy) is 2. The molecule has 1 aliphatic heterocycles. The molecule has 1 aromatic carbocycles. The molecule has 1 N–H and O–H groups in total. The number of benzene rings is 1. The van der Waals surface area contributed by atoms with Crippen molar-refractivity contribution in [3.05, 3.63) is 23.3 Å². The zero-order valence-electron chi connectivity index (χ0n) is 11.9. The zero-order valence-corrected chi connectivity index (χ0v) is 11.9. The van der Waals surface area contributed by atoms with E-state index < -0.39 is 11.1 Å². The third-order valence-corrected chi connectivity index (χ3v) is 3.45. The number of aliphatic hydroxyl groups excluding tert-OH is 1. The summed E-state index contributed by atoms with van der Waals surface area (Å²) in [4.78, 5) is 0. The molecule has 1 heterocycles. The van der Waals surface area contributed by atoms with Gasteiger partial charge in [-0.1, -0.05) is 13.8 Å². The summed E-state index contributed by atoms with van der Waals surface area (Å²) in [6.07, 6.45) is 0. The second kappa shape index (κ2) is 4.67. The van der Waals surface area contributed by atoms with Gasteiger partial charge in [0.25, 0.3) is 0 Å². The Morgan fingerprint density at radius 1 is 1.16 bits per heavy atom. The molecule has 0 radical (unpaired) electrons. The van der Waals surface area contributed by atoms with Gasteiger partial charge in [0.2, 0.25) is 0 Å². The lowest BCUT2D eigenvalue weighted by Gasteiger charge is -2.31. The molecule has 0 saturated heterocycles. The summed E-state index contributed by atoms with van der Waals surface area (Å²) in [5.74, 6) is 1.18. The zero-order chi connectivity index (χ0) is 14.3. The lowest BCUT2D eigenvalue weighted by atomic mass is 9.82. The molecule has 1 aliphatic rings. The first-order valence-electron chi connectivity index (χ1n) is 6.50. The summed E-state index contributed by atoms with van der Waals surface area (Å²) in [6, 6.07) is 3.45. The van der Waals surface area contributed by atoms with Crippen LogP contribution in [0.2, 0.25) is 0 Å². The molecule has 0 saturated carbocycles. The summed E-state index contributed by atoms with van der Waals surface area (Å²) < 4.78 is 25.4. The van der Waals surface area contributed by atoms with Crippen LogP contribution in [-0.2, 0) is 11.1 Å². The van der Waals surface area contributed by atoms with Gasteiger partial charge in [-0.2, -0.15) is 0 Å². The molecule has 3 nitrogen and oxygen atoms in total. The third kappa shape index (κ3) is 2.68. The van der Waals surface area contributed by atoms with E-state index in [4.69, 9.17) is 9.47 Å². The average Bonchev–Trinajstić information content (AvgIpc) is 2.36. The Morgan fingerprint density at radius 3 is 2.37 bits per heavy atom. The number of alkyl halides is 1. The molecular weight excluding hydrogens is 247 g/mol. The summed E-state index contributed by atoms with van der Waals surface area (Å²) in [7, 11) is 0. The van der Waals surface area contributed by atoms with Gasteiger partial charge in [0, 0.05) is 11.0 Å². The first-order valence-corrected chi connectivity index (χ1v) is 6.50. The standard InChI is InChI=1S/C15H21FO3/c1-14(2,9-17)11-7-10(15(3,4)16)8-12-13(11)19-6-5-18-12/h7-8,17H,5-6,9H2,1-4H3. The quantitative estimate of drug-likeness (QED) is 0.916. The second-order valence-corrected chi connectivity index (χ2v) is 6.06. The molecule has 19 heavy (non-hydrogen) atoms. The average molecular weight is 268 g/mol. The third-order valence-electron chi connectivity index (χ3n) is 3.45. The Labute approximate surface area is 113 Å². The SMILES string of the molecule is CC(C)(F)c1cc2c(c(C(C)(C)CO)c1)OCCO2. The van der Waals surface area contributed by atoms with E-state index in [-0.39, 0.29) is 6.61 Å². The van der Waals surface area contributed by atoms with Crippen LogP contribution in [0, 0.1) is 0 Å². The summed E-state index contributed by atoms with van der Waals surface area (Å²) in [5.41, 5.74) is -0.650.